The van der Waals surface area contributed by atoms with Crippen molar-refractivity contribution in [3.05, 3.63) is 53.6 Å². The Kier molecular flexibility index (Phi) is 5.17. The lowest BCUT2D eigenvalue weighted by molar-refractivity contribution is 0.201. The molecule has 0 heterocycles. The van der Waals surface area contributed by atoms with E-state index in [4.69, 9.17) is 9.84 Å². The van der Waals surface area contributed by atoms with Gasteiger partial charge in [0.2, 0.25) is 0 Å². The van der Waals surface area contributed by atoms with Crippen LogP contribution in [0.1, 0.15) is 5.56 Å². The van der Waals surface area contributed by atoms with Crippen LogP contribution in [0.5, 0.6) is 5.75 Å². The molecule has 23 heavy (non-hydrogen) atoms. The smallest absolute Gasteiger partial charge is 0.264 e. The molecule has 2 N–H and O–H groups in total. The fraction of sp³-hybridized carbons (Fsp3) is 0.200. The van der Waals surface area contributed by atoms with Crippen molar-refractivity contribution >= 4 is 15.7 Å². The fourth-order valence-electron chi connectivity index (χ4n) is 1.88. The minimum atomic E-state index is -4.21. The summed E-state index contributed by atoms with van der Waals surface area (Å²) in [5.74, 6) is -1.63. The molecule has 2 aromatic carbocycles. The third-order valence-electron chi connectivity index (χ3n) is 2.91. The molecule has 0 saturated carbocycles. The number of rotatable bonds is 6. The van der Waals surface area contributed by atoms with Crippen LogP contribution < -0.4 is 9.46 Å². The van der Waals surface area contributed by atoms with Gasteiger partial charge in [0.05, 0.1) is 12.3 Å². The number of halogens is 2. The number of ether oxygens (including phenoxy) is 1. The Hall–Kier alpha value is -2.19. The molecule has 0 atom stereocenters. The number of benzene rings is 2. The third-order valence-corrected chi connectivity index (χ3v) is 4.31. The van der Waals surface area contributed by atoms with Gasteiger partial charge >= 0.3 is 0 Å². The summed E-state index contributed by atoms with van der Waals surface area (Å²) < 4.78 is 59.0. The van der Waals surface area contributed by atoms with Crippen LogP contribution in [0.15, 0.2) is 41.3 Å². The number of aliphatic hydroxyl groups is 1. The van der Waals surface area contributed by atoms with Gasteiger partial charge in [-0.1, -0.05) is 6.07 Å². The number of anilines is 1. The highest BCUT2D eigenvalue weighted by molar-refractivity contribution is 7.92. The zero-order valence-corrected chi connectivity index (χ0v) is 13.0. The Morgan fingerprint density at radius 3 is 2.57 bits per heavy atom. The lowest BCUT2D eigenvalue weighted by Gasteiger charge is -2.14. The first-order valence-corrected chi connectivity index (χ1v) is 8.14. The van der Waals surface area contributed by atoms with Crippen LogP contribution in [0.4, 0.5) is 14.5 Å². The molecule has 0 aliphatic carbocycles. The van der Waals surface area contributed by atoms with E-state index in [1.165, 1.54) is 6.07 Å². The Bertz CT molecular complexity index is 809. The molecule has 0 spiro atoms. The SMILES string of the molecule is Cc1ccc(S(=O)(=O)Nc2ccc(F)cc2OCCO)c(F)c1. The second-order valence-corrected chi connectivity index (χ2v) is 6.40. The van der Waals surface area contributed by atoms with Gasteiger partial charge in [-0.3, -0.25) is 4.72 Å². The summed E-state index contributed by atoms with van der Waals surface area (Å²) in [6.45, 7) is 1.17. The Labute approximate surface area is 132 Å². The fourth-order valence-corrected chi connectivity index (χ4v) is 3.01. The summed E-state index contributed by atoms with van der Waals surface area (Å²) in [5, 5.41) is 8.75. The monoisotopic (exact) mass is 343 g/mol. The summed E-state index contributed by atoms with van der Waals surface area (Å²) in [6.07, 6.45) is 0. The lowest BCUT2D eigenvalue weighted by Crippen LogP contribution is -2.16. The largest absolute Gasteiger partial charge is 0.489 e. The van der Waals surface area contributed by atoms with Gasteiger partial charge in [0.25, 0.3) is 10.0 Å². The second-order valence-electron chi connectivity index (χ2n) is 4.75. The topological polar surface area (TPSA) is 75.6 Å². The van der Waals surface area contributed by atoms with Crippen LogP contribution in [0, 0.1) is 18.6 Å². The summed E-state index contributed by atoms with van der Waals surface area (Å²) in [5.41, 5.74) is 0.523. The van der Waals surface area contributed by atoms with Crippen LogP contribution in [-0.4, -0.2) is 26.7 Å². The molecule has 8 heteroatoms. The number of aliphatic hydroxyl groups excluding tert-OH is 1. The van der Waals surface area contributed by atoms with Crippen molar-refractivity contribution in [1.82, 2.24) is 0 Å². The number of hydrogen-bond acceptors (Lipinski definition) is 4. The van der Waals surface area contributed by atoms with E-state index in [0.29, 0.717) is 5.56 Å². The van der Waals surface area contributed by atoms with E-state index in [9.17, 15) is 17.2 Å². The average molecular weight is 343 g/mol. The van der Waals surface area contributed by atoms with Crippen LogP contribution in [0.25, 0.3) is 0 Å². The highest BCUT2D eigenvalue weighted by Crippen LogP contribution is 2.28. The molecule has 124 valence electrons. The first-order chi connectivity index (χ1) is 10.8. The predicted molar refractivity (Wildman–Crippen MR) is 80.9 cm³/mol. The third kappa shape index (κ3) is 4.17. The zero-order valence-electron chi connectivity index (χ0n) is 12.2. The summed E-state index contributed by atoms with van der Waals surface area (Å²) in [7, 11) is -4.21. The van der Waals surface area contributed by atoms with Crippen LogP contribution in [0.2, 0.25) is 0 Å². The standard InChI is InChI=1S/C15H15F2NO4S/c1-10-2-5-15(12(17)8-10)23(20,21)18-13-4-3-11(16)9-14(13)22-7-6-19/h2-5,8-9,18-19H,6-7H2,1H3. The maximum Gasteiger partial charge on any atom is 0.264 e. The van der Waals surface area contributed by atoms with Gasteiger partial charge in [0.15, 0.2) is 0 Å². The van der Waals surface area contributed by atoms with Gasteiger partial charge in [0.1, 0.15) is 28.9 Å². The summed E-state index contributed by atoms with van der Waals surface area (Å²) in [6, 6.07) is 6.87. The molecule has 0 fully saturated rings. The van der Waals surface area contributed by atoms with Gasteiger partial charge in [0, 0.05) is 6.07 Å². The number of nitrogens with one attached hydrogen (secondary N) is 1. The first-order valence-electron chi connectivity index (χ1n) is 6.65. The van der Waals surface area contributed by atoms with Crippen molar-refractivity contribution in [2.24, 2.45) is 0 Å². The van der Waals surface area contributed by atoms with Crippen molar-refractivity contribution in [3.63, 3.8) is 0 Å². The lowest BCUT2D eigenvalue weighted by atomic mass is 10.2. The van der Waals surface area contributed by atoms with Crippen molar-refractivity contribution in [2.75, 3.05) is 17.9 Å². The molecule has 0 bridgehead atoms. The van der Waals surface area contributed by atoms with Gasteiger partial charge in [-0.25, -0.2) is 17.2 Å². The summed E-state index contributed by atoms with van der Waals surface area (Å²) >= 11 is 0. The van der Waals surface area contributed by atoms with Gasteiger partial charge in [-0.15, -0.1) is 0 Å². The van der Waals surface area contributed by atoms with Gasteiger partial charge in [-0.2, -0.15) is 0 Å². The molecule has 0 amide bonds. The Balaban J connectivity index is 2.37. The van der Waals surface area contributed by atoms with Crippen molar-refractivity contribution < 1.29 is 27.0 Å². The molecule has 0 saturated heterocycles. The molecule has 5 nitrogen and oxygen atoms in total. The molecule has 0 aromatic heterocycles. The molecular weight excluding hydrogens is 328 g/mol. The maximum absolute atomic E-state index is 13.9. The van der Waals surface area contributed by atoms with Gasteiger partial charge in [-0.05, 0) is 36.8 Å². The summed E-state index contributed by atoms with van der Waals surface area (Å²) in [4.78, 5) is -0.527. The van der Waals surface area contributed by atoms with E-state index in [-0.39, 0.29) is 24.7 Å². The molecule has 0 aliphatic rings. The van der Waals surface area contributed by atoms with Crippen LogP contribution in [-0.2, 0) is 10.0 Å². The van der Waals surface area contributed by atoms with Crippen molar-refractivity contribution in [1.29, 1.82) is 0 Å². The number of sulfonamides is 1. The zero-order chi connectivity index (χ0) is 17.0. The highest BCUT2D eigenvalue weighted by Gasteiger charge is 2.21. The van der Waals surface area contributed by atoms with Crippen molar-refractivity contribution in [3.8, 4) is 5.75 Å². The minimum Gasteiger partial charge on any atom is -0.489 e. The minimum absolute atomic E-state index is 0.0557. The van der Waals surface area contributed by atoms with Crippen LogP contribution >= 0.6 is 0 Å². The molecule has 2 aromatic rings. The quantitative estimate of drug-likeness (QED) is 0.845. The molecule has 0 radical (unpaired) electrons. The number of aryl methyl sites for hydroxylation is 1. The van der Waals surface area contributed by atoms with E-state index >= 15 is 0 Å². The Morgan fingerprint density at radius 1 is 1.17 bits per heavy atom. The second kappa shape index (κ2) is 6.93. The predicted octanol–water partition coefficient (Wildman–Crippen LogP) is 2.45. The van der Waals surface area contributed by atoms with E-state index in [0.717, 1.165) is 30.3 Å². The van der Waals surface area contributed by atoms with Gasteiger partial charge < -0.3 is 9.84 Å². The van der Waals surface area contributed by atoms with E-state index < -0.39 is 26.6 Å². The average Bonchev–Trinajstić information content (AvgIpc) is 2.47. The maximum atomic E-state index is 13.9. The van der Waals surface area contributed by atoms with E-state index in [1.54, 1.807) is 6.92 Å². The number of hydrogen-bond donors (Lipinski definition) is 2. The van der Waals surface area contributed by atoms with E-state index in [1.807, 2.05) is 0 Å². The molecular formula is C15H15F2NO4S. The van der Waals surface area contributed by atoms with Crippen LogP contribution in [0.3, 0.4) is 0 Å². The molecule has 2 rings (SSSR count). The first kappa shape index (κ1) is 17.2. The van der Waals surface area contributed by atoms with Crippen molar-refractivity contribution in [2.45, 2.75) is 11.8 Å². The Morgan fingerprint density at radius 2 is 1.91 bits per heavy atom. The normalized spacial score (nSPS) is 11.3. The highest BCUT2D eigenvalue weighted by atomic mass is 32.2. The molecule has 0 unspecified atom stereocenters. The van der Waals surface area contributed by atoms with E-state index in [2.05, 4.69) is 4.72 Å². The molecule has 0 aliphatic heterocycles.